The number of anilines is 1. The second-order valence-electron chi connectivity index (χ2n) is 10.6. The Hall–Kier alpha value is -3.89. The van der Waals surface area contributed by atoms with Crippen LogP contribution in [0.2, 0.25) is 10.0 Å². The molecule has 1 fully saturated rings. The molecule has 0 unspecified atom stereocenters. The van der Waals surface area contributed by atoms with E-state index in [4.69, 9.17) is 28.3 Å². The van der Waals surface area contributed by atoms with Crippen LogP contribution in [-0.4, -0.2) is 53.1 Å². The Morgan fingerprint density at radius 2 is 1.42 bits per heavy atom. The summed E-state index contributed by atoms with van der Waals surface area (Å²) in [6.07, 6.45) is 1.19. The van der Waals surface area contributed by atoms with Gasteiger partial charge in [0.25, 0.3) is 0 Å². The number of aromatic carboxylic acids is 1. The van der Waals surface area contributed by atoms with Crippen LogP contribution < -0.4 is 5.32 Å². The Labute approximate surface area is 259 Å². The third kappa shape index (κ3) is 6.12. The van der Waals surface area contributed by atoms with E-state index in [2.05, 4.69) is 27.6 Å². The molecular weight excluding hydrogens is 607 g/mol. The summed E-state index contributed by atoms with van der Waals surface area (Å²) in [5.41, 5.74) is 4.20. The molecule has 0 aliphatic carbocycles. The summed E-state index contributed by atoms with van der Waals surface area (Å²) < 4.78 is 27.8. The SMILES string of the molecule is O=C(O)c1ccc(S(=O)(=O)N2CCC(Nc3n[nH]c4ccc(C(c5ccc(Cl)cc5)c5ccc(Cl)cc5)cc34)CC2)cc1. The maximum atomic E-state index is 13.2. The van der Waals surface area contributed by atoms with Crippen LogP contribution in [0.1, 0.15) is 45.8 Å². The lowest BCUT2D eigenvalue weighted by atomic mass is 9.85. The van der Waals surface area contributed by atoms with Crippen LogP contribution in [0.15, 0.2) is 95.9 Å². The van der Waals surface area contributed by atoms with Crippen molar-refractivity contribution in [3.05, 3.63) is 123 Å². The summed E-state index contributed by atoms with van der Waals surface area (Å²) >= 11 is 12.4. The number of benzene rings is 4. The van der Waals surface area contributed by atoms with E-state index in [1.54, 1.807) is 0 Å². The summed E-state index contributed by atoms with van der Waals surface area (Å²) in [6.45, 7) is 0.674. The highest BCUT2D eigenvalue weighted by molar-refractivity contribution is 7.89. The standard InChI is InChI=1S/C32H28Cl2N4O4S/c33-24-8-1-20(2-9-24)30(21-3-10-25(34)11-4-21)23-7-14-29-28(19-23)31(37-36-29)35-26-15-17-38(18-16-26)43(41,42)27-12-5-22(6-13-27)32(39)40/h1-14,19,26,30H,15-18H2,(H,39,40)(H2,35,36,37). The number of hydrogen-bond donors (Lipinski definition) is 3. The minimum absolute atomic E-state index is 0.0271. The molecule has 2 heterocycles. The monoisotopic (exact) mass is 634 g/mol. The fourth-order valence-electron chi connectivity index (χ4n) is 5.56. The third-order valence-corrected chi connectivity index (χ3v) is 10.3. The van der Waals surface area contributed by atoms with Crippen LogP contribution in [-0.2, 0) is 10.0 Å². The number of hydrogen-bond acceptors (Lipinski definition) is 5. The molecule has 0 bridgehead atoms. The summed E-state index contributed by atoms with van der Waals surface area (Å²) in [4.78, 5) is 11.2. The number of nitrogens with zero attached hydrogens (tertiary/aromatic N) is 2. The van der Waals surface area contributed by atoms with Crippen molar-refractivity contribution in [1.29, 1.82) is 0 Å². The predicted molar refractivity (Wildman–Crippen MR) is 169 cm³/mol. The van der Waals surface area contributed by atoms with Gasteiger partial charge in [0.15, 0.2) is 5.82 Å². The number of sulfonamides is 1. The summed E-state index contributed by atoms with van der Waals surface area (Å²) in [5, 5.41) is 22.6. The molecule has 0 atom stereocenters. The number of H-pyrrole nitrogens is 1. The maximum absolute atomic E-state index is 13.2. The highest BCUT2D eigenvalue weighted by Gasteiger charge is 2.30. The van der Waals surface area contributed by atoms with Gasteiger partial charge in [-0.2, -0.15) is 9.40 Å². The molecule has 4 aromatic carbocycles. The molecule has 5 aromatic rings. The fourth-order valence-corrected chi connectivity index (χ4v) is 7.28. The van der Waals surface area contributed by atoms with Gasteiger partial charge in [0.1, 0.15) is 0 Å². The van der Waals surface area contributed by atoms with E-state index in [1.807, 2.05) is 54.6 Å². The Morgan fingerprint density at radius 1 is 0.860 bits per heavy atom. The van der Waals surface area contributed by atoms with Crippen LogP contribution in [0.25, 0.3) is 10.9 Å². The minimum atomic E-state index is -3.72. The number of carboxylic acid groups (broad SMARTS) is 1. The first-order chi connectivity index (χ1) is 20.7. The number of rotatable bonds is 8. The van der Waals surface area contributed by atoms with Crippen molar-refractivity contribution in [3.8, 4) is 0 Å². The average Bonchev–Trinajstić information content (AvgIpc) is 3.41. The second kappa shape index (κ2) is 12.0. The van der Waals surface area contributed by atoms with E-state index in [-0.39, 0.29) is 22.4 Å². The van der Waals surface area contributed by atoms with Gasteiger partial charge in [0, 0.05) is 40.5 Å². The zero-order valence-corrected chi connectivity index (χ0v) is 25.2. The Balaban J connectivity index is 1.21. The first kappa shape index (κ1) is 29.2. The van der Waals surface area contributed by atoms with Crippen LogP contribution in [0.3, 0.4) is 0 Å². The average molecular weight is 636 g/mol. The predicted octanol–water partition coefficient (Wildman–Crippen LogP) is 7.01. The maximum Gasteiger partial charge on any atom is 0.335 e. The second-order valence-corrected chi connectivity index (χ2v) is 13.4. The number of carboxylic acids is 1. The minimum Gasteiger partial charge on any atom is -0.478 e. The molecule has 11 heteroatoms. The Bertz CT molecular complexity index is 1820. The van der Waals surface area contributed by atoms with Gasteiger partial charge in [-0.1, -0.05) is 53.5 Å². The summed E-state index contributed by atoms with van der Waals surface area (Å²) in [5.74, 6) is -0.438. The summed E-state index contributed by atoms with van der Waals surface area (Å²) in [6, 6.07) is 27.3. The zero-order valence-electron chi connectivity index (χ0n) is 22.9. The lowest BCUT2D eigenvalue weighted by Gasteiger charge is -2.31. The molecule has 0 saturated carbocycles. The topological polar surface area (TPSA) is 115 Å². The van der Waals surface area contributed by atoms with Crippen molar-refractivity contribution in [2.24, 2.45) is 0 Å². The molecular formula is C32H28Cl2N4O4S. The third-order valence-electron chi connectivity index (χ3n) is 7.86. The number of carbonyl (C=O) groups is 1. The van der Waals surface area contributed by atoms with Crippen LogP contribution >= 0.6 is 23.2 Å². The number of halogens is 2. The highest BCUT2D eigenvalue weighted by Crippen LogP contribution is 2.36. The molecule has 1 aromatic heterocycles. The van der Waals surface area contributed by atoms with Gasteiger partial charge >= 0.3 is 5.97 Å². The van der Waals surface area contributed by atoms with Crippen molar-refractivity contribution in [3.63, 3.8) is 0 Å². The molecule has 3 N–H and O–H groups in total. The molecule has 6 rings (SSSR count). The van der Waals surface area contributed by atoms with E-state index >= 15 is 0 Å². The lowest BCUT2D eigenvalue weighted by Crippen LogP contribution is -2.42. The molecule has 1 aliphatic rings. The van der Waals surface area contributed by atoms with Crippen molar-refractivity contribution in [1.82, 2.24) is 14.5 Å². The van der Waals surface area contributed by atoms with E-state index in [9.17, 15) is 13.2 Å². The van der Waals surface area contributed by atoms with Gasteiger partial charge in [0.2, 0.25) is 10.0 Å². The van der Waals surface area contributed by atoms with Gasteiger partial charge < -0.3 is 10.4 Å². The normalized spacial score (nSPS) is 14.8. The van der Waals surface area contributed by atoms with E-state index in [0.29, 0.717) is 41.8 Å². The van der Waals surface area contributed by atoms with E-state index in [0.717, 1.165) is 27.6 Å². The lowest BCUT2D eigenvalue weighted by molar-refractivity contribution is 0.0696. The van der Waals surface area contributed by atoms with E-state index < -0.39 is 16.0 Å². The molecule has 43 heavy (non-hydrogen) atoms. The Kier molecular flexibility index (Phi) is 8.15. The zero-order chi connectivity index (χ0) is 30.1. The first-order valence-electron chi connectivity index (χ1n) is 13.8. The molecule has 0 spiro atoms. The number of nitrogens with one attached hydrogen (secondary N) is 2. The van der Waals surface area contributed by atoms with Gasteiger partial charge in [-0.3, -0.25) is 5.10 Å². The molecule has 1 saturated heterocycles. The van der Waals surface area contributed by atoms with Crippen molar-refractivity contribution in [2.75, 3.05) is 18.4 Å². The van der Waals surface area contributed by atoms with Gasteiger partial charge in [-0.15, -0.1) is 0 Å². The van der Waals surface area contributed by atoms with Crippen LogP contribution in [0, 0.1) is 0 Å². The first-order valence-corrected chi connectivity index (χ1v) is 16.0. The van der Waals surface area contributed by atoms with Crippen molar-refractivity contribution < 1.29 is 18.3 Å². The molecule has 0 radical (unpaired) electrons. The van der Waals surface area contributed by atoms with Crippen LogP contribution in [0.5, 0.6) is 0 Å². The largest absolute Gasteiger partial charge is 0.478 e. The molecule has 8 nitrogen and oxygen atoms in total. The molecule has 0 amide bonds. The summed E-state index contributed by atoms with van der Waals surface area (Å²) in [7, 11) is -3.72. The van der Waals surface area contributed by atoms with Crippen molar-refractivity contribution >= 4 is 55.9 Å². The van der Waals surface area contributed by atoms with Gasteiger partial charge in [-0.05, 0) is 90.2 Å². The number of aromatic amines is 1. The van der Waals surface area contributed by atoms with Crippen LogP contribution in [0.4, 0.5) is 5.82 Å². The molecule has 1 aliphatic heterocycles. The fraction of sp³-hybridized carbons (Fsp3) is 0.188. The van der Waals surface area contributed by atoms with E-state index in [1.165, 1.54) is 28.6 Å². The highest BCUT2D eigenvalue weighted by atomic mass is 35.5. The molecule has 220 valence electrons. The number of piperidine rings is 1. The van der Waals surface area contributed by atoms with Gasteiger partial charge in [-0.25, -0.2) is 13.2 Å². The number of fused-ring (bicyclic) bond motifs is 1. The van der Waals surface area contributed by atoms with Crippen molar-refractivity contribution in [2.45, 2.75) is 29.7 Å². The number of aromatic nitrogens is 2. The quantitative estimate of drug-likeness (QED) is 0.158. The Morgan fingerprint density at radius 3 is 1.98 bits per heavy atom. The van der Waals surface area contributed by atoms with Gasteiger partial charge in [0.05, 0.1) is 16.0 Å². The smallest absolute Gasteiger partial charge is 0.335 e.